The summed E-state index contributed by atoms with van der Waals surface area (Å²) in [6.07, 6.45) is 1.05. The fraction of sp³-hybridized carbons (Fsp3) is 0.600. The summed E-state index contributed by atoms with van der Waals surface area (Å²) in [5, 5.41) is 6.65. The van der Waals surface area contributed by atoms with E-state index in [1.807, 2.05) is 7.05 Å². The summed E-state index contributed by atoms with van der Waals surface area (Å²) >= 11 is 0. The molecule has 3 nitrogen and oxygen atoms in total. The highest BCUT2D eigenvalue weighted by Gasteiger charge is 2.22. The first-order valence-electron chi connectivity index (χ1n) is 6.75. The normalized spacial score (nSPS) is 14.4. The first kappa shape index (κ1) is 13.4. The second-order valence-electron chi connectivity index (χ2n) is 5.59. The van der Waals surface area contributed by atoms with Gasteiger partial charge in [0.25, 0.3) is 0 Å². The van der Waals surface area contributed by atoms with Crippen LogP contribution in [0.2, 0.25) is 0 Å². The number of rotatable bonds is 6. The van der Waals surface area contributed by atoms with E-state index in [2.05, 4.69) is 42.7 Å². The van der Waals surface area contributed by atoms with Crippen molar-refractivity contribution in [2.75, 3.05) is 33.3 Å². The number of hydrogen-bond donors (Lipinski definition) is 2. The topological polar surface area (TPSA) is 33.3 Å². The van der Waals surface area contributed by atoms with Crippen molar-refractivity contribution in [1.82, 2.24) is 10.6 Å². The van der Waals surface area contributed by atoms with Gasteiger partial charge in [-0.05, 0) is 24.2 Å². The first-order chi connectivity index (χ1) is 8.63. The second kappa shape index (κ2) is 5.72. The van der Waals surface area contributed by atoms with Crippen molar-refractivity contribution in [3.63, 3.8) is 0 Å². The summed E-state index contributed by atoms with van der Waals surface area (Å²) < 4.78 is 5.56. The molecule has 0 spiro atoms. The Labute approximate surface area is 110 Å². The van der Waals surface area contributed by atoms with Crippen LogP contribution >= 0.6 is 0 Å². The van der Waals surface area contributed by atoms with Crippen LogP contribution in [0.5, 0.6) is 5.75 Å². The molecule has 0 unspecified atom stereocenters. The zero-order valence-corrected chi connectivity index (χ0v) is 11.7. The van der Waals surface area contributed by atoms with Gasteiger partial charge in [-0.2, -0.15) is 0 Å². The third-order valence-corrected chi connectivity index (χ3v) is 3.59. The van der Waals surface area contributed by atoms with Crippen molar-refractivity contribution in [2.45, 2.75) is 25.7 Å². The highest BCUT2D eigenvalue weighted by molar-refractivity contribution is 5.42. The van der Waals surface area contributed by atoms with Crippen molar-refractivity contribution in [1.29, 1.82) is 0 Å². The molecule has 18 heavy (non-hydrogen) atoms. The Morgan fingerprint density at radius 3 is 2.89 bits per heavy atom. The van der Waals surface area contributed by atoms with Crippen LogP contribution in [0.4, 0.5) is 0 Å². The zero-order chi connectivity index (χ0) is 13.0. The summed E-state index contributed by atoms with van der Waals surface area (Å²) in [6, 6.07) is 6.62. The highest BCUT2D eigenvalue weighted by atomic mass is 16.5. The summed E-state index contributed by atoms with van der Waals surface area (Å²) in [5.74, 6) is 1.07. The van der Waals surface area contributed by atoms with Crippen LogP contribution in [0.15, 0.2) is 18.2 Å². The molecule has 1 aromatic rings. The molecule has 3 heteroatoms. The van der Waals surface area contributed by atoms with Crippen LogP contribution in [0, 0.1) is 0 Å². The van der Waals surface area contributed by atoms with E-state index in [9.17, 15) is 0 Å². The fourth-order valence-electron chi connectivity index (χ4n) is 2.32. The van der Waals surface area contributed by atoms with Crippen molar-refractivity contribution >= 4 is 0 Å². The lowest BCUT2D eigenvalue weighted by Gasteiger charge is -2.26. The lowest BCUT2D eigenvalue weighted by atomic mass is 9.83. The Morgan fingerprint density at radius 1 is 1.28 bits per heavy atom. The van der Waals surface area contributed by atoms with Crippen molar-refractivity contribution in [2.24, 2.45) is 0 Å². The van der Waals surface area contributed by atoms with Gasteiger partial charge in [0, 0.05) is 31.5 Å². The number of hydrogen-bond acceptors (Lipinski definition) is 3. The molecule has 0 bridgehead atoms. The van der Waals surface area contributed by atoms with Gasteiger partial charge in [-0.15, -0.1) is 0 Å². The fourth-order valence-corrected chi connectivity index (χ4v) is 2.32. The molecule has 0 saturated carbocycles. The zero-order valence-electron chi connectivity index (χ0n) is 11.7. The molecule has 0 aliphatic carbocycles. The maximum absolute atomic E-state index is 5.56. The second-order valence-corrected chi connectivity index (χ2v) is 5.59. The van der Waals surface area contributed by atoms with E-state index in [1.54, 1.807) is 0 Å². The van der Waals surface area contributed by atoms with Gasteiger partial charge < -0.3 is 15.4 Å². The van der Waals surface area contributed by atoms with Gasteiger partial charge >= 0.3 is 0 Å². The Bertz CT molecular complexity index is 401. The average Bonchev–Trinajstić information content (AvgIpc) is 2.82. The van der Waals surface area contributed by atoms with Gasteiger partial charge in [0.2, 0.25) is 0 Å². The van der Waals surface area contributed by atoms with Crippen molar-refractivity contribution < 1.29 is 4.74 Å². The van der Waals surface area contributed by atoms with Crippen molar-refractivity contribution in [3.8, 4) is 5.75 Å². The van der Waals surface area contributed by atoms with E-state index in [-0.39, 0.29) is 5.41 Å². The maximum Gasteiger partial charge on any atom is 0.122 e. The number of ether oxygens (including phenoxy) is 1. The molecule has 1 aromatic carbocycles. The molecule has 0 atom stereocenters. The minimum Gasteiger partial charge on any atom is -0.493 e. The van der Waals surface area contributed by atoms with Crippen LogP contribution < -0.4 is 15.4 Å². The average molecular weight is 248 g/mol. The lowest BCUT2D eigenvalue weighted by molar-refractivity contribution is 0.356. The Hall–Kier alpha value is -1.06. The van der Waals surface area contributed by atoms with Gasteiger partial charge in [-0.25, -0.2) is 0 Å². The number of likely N-dealkylation sites (N-methyl/N-ethyl adjacent to an activating group) is 1. The van der Waals surface area contributed by atoms with E-state index >= 15 is 0 Å². The third-order valence-electron chi connectivity index (χ3n) is 3.59. The van der Waals surface area contributed by atoms with Crippen LogP contribution in [0.25, 0.3) is 0 Å². The van der Waals surface area contributed by atoms with Gasteiger partial charge in [0.05, 0.1) is 6.61 Å². The molecule has 1 aliphatic rings. The van der Waals surface area contributed by atoms with E-state index in [1.165, 1.54) is 11.1 Å². The van der Waals surface area contributed by atoms with Crippen LogP contribution in [0.3, 0.4) is 0 Å². The van der Waals surface area contributed by atoms with Crippen LogP contribution in [-0.2, 0) is 11.8 Å². The molecule has 0 amide bonds. The largest absolute Gasteiger partial charge is 0.493 e. The van der Waals surface area contributed by atoms with Gasteiger partial charge in [0.1, 0.15) is 5.75 Å². The predicted octanol–water partition coefficient (Wildman–Crippen LogP) is 1.71. The first-order valence-corrected chi connectivity index (χ1v) is 6.75. The summed E-state index contributed by atoms with van der Waals surface area (Å²) in [5.41, 5.74) is 2.91. The molecule has 2 rings (SSSR count). The molecule has 0 fully saturated rings. The van der Waals surface area contributed by atoms with E-state index in [0.717, 1.165) is 38.4 Å². The molecule has 2 N–H and O–H groups in total. The third kappa shape index (κ3) is 3.03. The SMILES string of the molecule is CNCCNCC(C)(C)c1ccc2c(c1)CCO2. The molecule has 1 aliphatic heterocycles. The number of fused-ring (bicyclic) bond motifs is 1. The van der Waals surface area contributed by atoms with Crippen LogP contribution in [-0.4, -0.2) is 33.3 Å². The summed E-state index contributed by atoms with van der Waals surface area (Å²) in [4.78, 5) is 0. The Morgan fingerprint density at radius 2 is 2.11 bits per heavy atom. The highest BCUT2D eigenvalue weighted by Crippen LogP contribution is 2.31. The van der Waals surface area contributed by atoms with E-state index < -0.39 is 0 Å². The minimum absolute atomic E-state index is 0.158. The Balaban J connectivity index is 2.00. The molecular weight excluding hydrogens is 224 g/mol. The minimum atomic E-state index is 0.158. The molecule has 0 aromatic heterocycles. The quantitative estimate of drug-likeness (QED) is 0.752. The predicted molar refractivity (Wildman–Crippen MR) is 75.5 cm³/mol. The number of benzene rings is 1. The molecule has 0 radical (unpaired) electrons. The smallest absolute Gasteiger partial charge is 0.122 e. The molecule has 1 heterocycles. The molecule has 100 valence electrons. The number of nitrogens with one attached hydrogen (secondary N) is 2. The van der Waals surface area contributed by atoms with Crippen molar-refractivity contribution in [3.05, 3.63) is 29.3 Å². The maximum atomic E-state index is 5.56. The molecular formula is C15H24N2O. The van der Waals surface area contributed by atoms with Gasteiger partial charge in [0.15, 0.2) is 0 Å². The summed E-state index contributed by atoms with van der Waals surface area (Å²) in [6.45, 7) is 8.42. The van der Waals surface area contributed by atoms with E-state index in [0.29, 0.717) is 0 Å². The van der Waals surface area contributed by atoms with Crippen LogP contribution in [0.1, 0.15) is 25.0 Å². The molecule has 0 saturated heterocycles. The Kier molecular flexibility index (Phi) is 4.25. The summed E-state index contributed by atoms with van der Waals surface area (Å²) in [7, 11) is 1.98. The lowest BCUT2D eigenvalue weighted by Crippen LogP contribution is -2.36. The monoisotopic (exact) mass is 248 g/mol. The van der Waals surface area contributed by atoms with E-state index in [4.69, 9.17) is 4.74 Å². The van der Waals surface area contributed by atoms with Gasteiger partial charge in [-0.3, -0.25) is 0 Å². The standard InChI is InChI=1S/C15H24N2O/c1-15(2,11-17-8-7-16-3)13-4-5-14-12(10-13)6-9-18-14/h4-5,10,16-17H,6-9,11H2,1-3H3. The van der Waals surface area contributed by atoms with Gasteiger partial charge in [-0.1, -0.05) is 26.0 Å².